The highest BCUT2D eigenvalue weighted by Crippen LogP contribution is 2.30. The van der Waals surface area contributed by atoms with Crippen molar-refractivity contribution in [3.8, 4) is 0 Å². The van der Waals surface area contributed by atoms with E-state index in [1.54, 1.807) is 0 Å². The van der Waals surface area contributed by atoms with Crippen LogP contribution in [0.5, 0.6) is 0 Å². The minimum Gasteiger partial charge on any atom is -0.376 e. The second-order valence-corrected chi connectivity index (χ2v) is 7.77. The van der Waals surface area contributed by atoms with E-state index in [4.69, 9.17) is 4.74 Å². The zero-order chi connectivity index (χ0) is 16.8. The number of carbonyl (C=O) groups excluding carboxylic acids is 2. The van der Waals surface area contributed by atoms with Gasteiger partial charge in [-0.05, 0) is 51.4 Å². The summed E-state index contributed by atoms with van der Waals surface area (Å²) in [4.78, 5) is 24.7. The predicted octanol–water partition coefficient (Wildman–Crippen LogP) is 2.54. The van der Waals surface area contributed by atoms with Crippen LogP contribution in [0.15, 0.2) is 0 Å². The van der Waals surface area contributed by atoms with Gasteiger partial charge in [-0.15, -0.1) is 0 Å². The van der Waals surface area contributed by atoms with Gasteiger partial charge in [0.05, 0.1) is 6.10 Å². The summed E-state index contributed by atoms with van der Waals surface area (Å²) in [7, 11) is 0. The van der Waals surface area contributed by atoms with Crippen molar-refractivity contribution in [2.24, 2.45) is 11.8 Å². The van der Waals surface area contributed by atoms with Gasteiger partial charge < -0.3 is 15.4 Å². The first-order chi connectivity index (χ1) is 11.7. The van der Waals surface area contributed by atoms with Gasteiger partial charge in [0.15, 0.2) is 0 Å². The summed E-state index contributed by atoms with van der Waals surface area (Å²) in [5, 5.41) is 6.28. The molecule has 2 aliphatic carbocycles. The number of nitrogens with one attached hydrogen (secondary N) is 2. The Morgan fingerprint density at radius 2 is 1.46 bits per heavy atom. The van der Waals surface area contributed by atoms with Crippen molar-refractivity contribution < 1.29 is 14.3 Å². The van der Waals surface area contributed by atoms with Crippen LogP contribution in [-0.4, -0.2) is 37.1 Å². The Morgan fingerprint density at radius 1 is 0.792 bits per heavy atom. The molecule has 3 aliphatic rings. The number of carbonyl (C=O) groups is 2. The van der Waals surface area contributed by atoms with E-state index < -0.39 is 0 Å². The quantitative estimate of drug-likeness (QED) is 0.811. The van der Waals surface area contributed by atoms with E-state index in [0.717, 1.165) is 58.0 Å². The Labute approximate surface area is 145 Å². The molecule has 5 nitrogen and oxygen atoms in total. The molecule has 0 aromatic heterocycles. The van der Waals surface area contributed by atoms with Crippen LogP contribution in [0.1, 0.15) is 70.6 Å². The second-order valence-electron chi connectivity index (χ2n) is 7.77. The van der Waals surface area contributed by atoms with Crippen LogP contribution in [0.25, 0.3) is 0 Å². The van der Waals surface area contributed by atoms with E-state index in [-0.39, 0.29) is 29.8 Å². The second kappa shape index (κ2) is 8.84. The van der Waals surface area contributed by atoms with Gasteiger partial charge in [0.25, 0.3) is 0 Å². The number of amides is 2. The first-order valence-corrected chi connectivity index (χ1v) is 9.92. The fourth-order valence-corrected chi connectivity index (χ4v) is 4.35. The Bertz CT molecular complexity index is 420. The van der Waals surface area contributed by atoms with Crippen molar-refractivity contribution in [3.63, 3.8) is 0 Å². The first kappa shape index (κ1) is 17.7. The van der Waals surface area contributed by atoms with E-state index >= 15 is 0 Å². The monoisotopic (exact) mass is 336 g/mol. The van der Waals surface area contributed by atoms with E-state index in [1.807, 2.05) is 0 Å². The van der Waals surface area contributed by atoms with E-state index in [9.17, 15) is 9.59 Å². The summed E-state index contributed by atoms with van der Waals surface area (Å²) in [6.45, 7) is 1.46. The van der Waals surface area contributed by atoms with E-state index in [2.05, 4.69) is 10.6 Å². The van der Waals surface area contributed by atoms with Gasteiger partial charge in [0.1, 0.15) is 0 Å². The molecule has 0 spiro atoms. The molecular weight excluding hydrogens is 304 g/mol. The van der Waals surface area contributed by atoms with Gasteiger partial charge in [-0.25, -0.2) is 0 Å². The summed E-state index contributed by atoms with van der Waals surface area (Å²) < 4.78 is 5.54. The number of hydrogen-bond acceptors (Lipinski definition) is 3. The zero-order valence-electron chi connectivity index (χ0n) is 14.7. The molecule has 2 N–H and O–H groups in total. The Balaban J connectivity index is 1.35. The topological polar surface area (TPSA) is 67.4 Å². The fourth-order valence-electron chi connectivity index (χ4n) is 4.35. The first-order valence-electron chi connectivity index (χ1n) is 9.92. The maximum atomic E-state index is 12.4. The van der Waals surface area contributed by atoms with Gasteiger partial charge in [-0.2, -0.15) is 0 Å². The Kier molecular flexibility index (Phi) is 6.52. The highest BCUT2D eigenvalue weighted by atomic mass is 16.5. The molecule has 2 amide bonds. The lowest BCUT2D eigenvalue weighted by Crippen LogP contribution is -2.42. The van der Waals surface area contributed by atoms with Crippen LogP contribution < -0.4 is 10.6 Å². The third-order valence-electron chi connectivity index (χ3n) is 5.95. The average molecular weight is 336 g/mol. The molecule has 0 aromatic rings. The van der Waals surface area contributed by atoms with Crippen LogP contribution in [0.4, 0.5) is 0 Å². The third kappa shape index (κ3) is 4.95. The molecule has 3 rings (SSSR count). The lowest BCUT2D eigenvalue weighted by atomic mass is 9.81. The maximum Gasteiger partial charge on any atom is 0.223 e. The molecule has 0 aromatic carbocycles. The molecule has 1 heterocycles. The summed E-state index contributed by atoms with van der Waals surface area (Å²) in [6, 6.07) is 0.388. The molecule has 1 unspecified atom stereocenters. The largest absolute Gasteiger partial charge is 0.376 e. The molecular formula is C19H32N2O3. The highest BCUT2D eigenvalue weighted by Gasteiger charge is 2.31. The minimum absolute atomic E-state index is 0.0742. The maximum absolute atomic E-state index is 12.4. The Hall–Kier alpha value is -1.10. The number of rotatable bonds is 5. The standard InChI is InChI=1S/C19H32N2O3/c22-18(20-13-17-7-4-12-24-17)14-8-10-15(11-9-14)19(23)21-16-5-2-1-3-6-16/h14-17H,1-13H2,(H,20,22)(H,21,23). The van der Waals surface area contributed by atoms with Crippen LogP contribution in [0.2, 0.25) is 0 Å². The molecule has 0 bridgehead atoms. The zero-order valence-corrected chi connectivity index (χ0v) is 14.7. The SMILES string of the molecule is O=C(NCC1CCCO1)C1CCC(C(=O)NC2CCCCC2)CC1. The lowest BCUT2D eigenvalue weighted by Gasteiger charge is -2.30. The smallest absolute Gasteiger partial charge is 0.223 e. The average Bonchev–Trinajstić information content (AvgIpc) is 3.14. The normalized spacial score (nSPS) is 31.6. The van der Waals surface area contributed by atoms with Crippen molar-refractivity contribution in [3.05, 3.63) is 0 Å². The van der Waals surface area contributed by atoms with E-state index in [1.165, 1.54) is 19.3 Å². The van der Waals surface area contributed by atoms with E-state index in [0.29, 0.717) is 12.6 Å². The van der Waals surface area contributed by atoms with Gasteiger partial charge in [0.2, 0.25) is 11.8 Å². The molecule has 1 saturated heterocycles. The van der Waals surface area contributed by atoms with Crippen molar-refractivity contribution in [2.45, 2.75) is 82.8 Å². The van der Waals surface area contributed by atoms with Crippen LogP contribution in [-0.2, 0) is 14.3 Å². The highest BCUT2D eigenvalue weighted by molar-refractivity contribution is 5.81. The minimum atomic E-state index is 0.0742. The summed E-state index contributed by atoms with van der Waals surface area (Å²) in [5.74, 6) is 0.552. The summed E-state index contributed by atoms with van der Waals surface area (Å²) >= 11 is 0. The van der Waals surface area contributed by atoms with Crippen molar-refractivity contribution >= 4 is 11.8 Å². The van der Waals surface area contributed by atoms with Crippen molar-refractivity contribution in [1.82, 2.24) is 10.6 Å². The van der Waals surface area contributed by atoms with Crippen LogP contribution >= 0.6 is 0 Å². The summed E-state index contributed by atoms with van der Waals surface area (Å²) in [6.07, 6.45) is 11.7. The molecule has 2 saturated carbocycles. The molecule has 136 valence electrons. The number of ether oxygens (including phenoxy) is 1. The number of hydrogen-bond donors (Lipinski definition) is 2. The Morgan fingerprint density at radius 3 is 2.08 bits per heavy atom. The van der Waals surface area contributed by atoms with Crippen molar-refractivity contribution in [2.75, 3.05) is 13.2 Å². The third-order valence-corrected chi connectivity index (χ3v) is 5.95. The molecule has 0 radical (unpaired) electrons. The molecule has 3 fully saturated rings. The fraction of sp³-hybridized carbons (Fsp3) is 0.895. The van der Waals surface area contributed by atoms with Gasteiger partial charge in [-0.1, -0.05) is 19.3 Å². The van der Waals surface area contributed by atoms with Gasteiger partial charge >= 0.3 is 0 Å². The molecule has 24 heavy (non-hydrogen) atoms. The summed E-state index contributed by atoms with van der Waals surface area (Å²) in [5.41, 5.74) is 0. The molecule has 1 atom stereocenters. The van der Waals surface area contributed by atoms with Crippen LogP contribution in [0, 0.1) is 11.8 Å². The molecule has 5 heteroatoms. The van der Waals surface area contributed by atoms with Gasteiger partial charge in [-0.3, -0.25) is 9.59 Å². The molecule has 1 aliphatic heterocycles. The van der Waals surface area contributed by atoms with Gasteiger partial charge in [0, 0.05) is 31.0 Å². The lowest BCUT2D eigenvalue weighted by molar-refractivity contribution is -0.131. The van der Waals surface area contributed by atoms with Crippen LogP contribution in [0.3, 0.4) is 0 Å². The predicted molar refractivity (Wildman–Crippen MR) is 92.4 cm³/mol. The van der Waals surface area contributed by atoms with Crippen molar-refractivity contribution in [1.29, 1.82) is 0 Å².